The highest BCUT2D eigenvalue weighted by atomic mass is 32.2. The number of hydrogen-bond acceptors (Lipinski definition) is 20. The van der Waals surface area contributed by atoms with Crippen LogP contribution in [0.25, 0.3) is 11.1 Å². The third-order valence-corrected chi connectivity index (χ3v) is 17.1. The van der Waals surface area contributed by atoms with Gasteiger partial charge in [0.2, 0.25) is 5.91 Å². The summed E-state index contributed by atoms with van der Waals surface area (Å²) in [7, 11) is 1.28. The standard InChI is InChI=1S/C55H87N3O18S/c1-15-41-55(10,66)48(63)32(4)45(61)30(2)25-54(9,70-13)50(33(5)47(34(6)51(65)74-41)75-44-26-53(8,69-12)49(64)35(7)73-44)76-52-46(62)40(24-31(3)72-52)58(11)23-22-42(60)56-28-38(59)29-71-39-19-16-36(17-20-39)37-18-21-43(57-27-37)77(14,67)68/h16-21,27,30-35,38,40-41,44,46-50,52,59,62-64,66H,15,22-26,28-29H2,1-14H3,(H,56,60)/t30-,31-,32+,33+,34-,35+,38+,40+,41-,44+,46-,47+,48-,49+,50-,52-,53-,54-,55-/m1/s1. The molecule has 1 amide bonds. The number of carbonyl (C=O) groups excluding carboxylic acids is 3. The molecule has 4 heterocycles. The molecule has 21 nitrogen and oxygen atoms in total. The fourth-order valence-corrected chi connectivity index (χ4v) is 11.6. The Labute approximate surface area is 454 Å². The third-order valence-electron chi connectivity index (χ3n) is 16.1. The summed E-state index contributed by atoms with van der Waals surface area (Å²) in [5.74, 6) is -4.88. The van der Waals surface area contributed by atoms with Crippen molar-refractivity contribution < 1.29 is 86.2 Å². The maximum absolute atomic E-state index is 14.5. The highest BCUT2D eigenvalue weighted by molar-refractivity contribution is 7.90. The highest BCUT2D eigenvalue weighted by Gasteiger charge is 2.54. The molecule has 0 aliphatic carbocycles. The summed E-state index contributed by atoms with van der Waals surface area (Å²) in [6.45, 7) is 16.6. The number of rotatable bonds is 18. The van der Waals surface area contributed by atoms with Crippen molar-refractivity contribution in [2.75, 3.05) is 47.2 Å². The average Bonchev–Trinajstić information content (AvgIpc) is 3.39. The van der Waals surface area contributed by atoms with Gasteiger partial charge in [-0.1, -0.05) is 39.8 Å². The summed E-state index contributed by atoms with van der Waals surface area (Å²) in [6, 6.07) is 9.47. The topological polar surface area (TPSA) is 288 Å². The molecule has 6 N–H and O–H groups in total. The van der Waals surface area contributed by atoms with E-state index in [0.717, 1.165) is 11.8 Å². The van der Waals surface area contributed by atoms with Gasteiger partial charge in [0.05, 0.1) is 47.6 Å². The van der Waals surface area contributed by atoms with Gasteiger partial charge in [-0.3, -0.25) is 14.4 Å². The number of methoxy groups -OCH3 is 2. The summed E-state index contributed by atoms with van der Waals surface area (Å²) in [4.78, 5) is 47.7. The first-order chi connectivity index (χ1) is 35.9. The van der Waals surface area contributed by atoms with Crippen LogP contribution in [-0.2, 0) is 57.4 Å². The number of carbonyl (C=O) groups is 3. The fourth-order valence-electron chi connectivity index (χ4n) is 11.0. The first-order valence-corrected chi connectivity index (χ1v) is 28.6. The molecule has 0 radical (unpaired) electrons. The Morgan fingerprint density at radius 1 is 0.896 bits per heavy atom. The van der Waals surface area contributed by atoms with Crippen LogP contribution in [0.15, 0.2) is 47.6 Å². The smallest absolute Gasteiger partial charge is 0.311 e. The molecule has 77 heavy (non-hydrogen) atoms. The van der Waals surface area contributed by atoms with Crippen molar-refractivity contribution in [1.29, 1.82) is 0 Å². The molecule has 3 fully saturated rings. The Bertz CT molecular complexity index is 2360. The SMILES string of the molecule is CC[C@H]1OC(=O)[C@H](C)[C@@H](O[C@H]2C[C@@](C)(OC)[C@@H](O)[C@H](C)O2)[C@H](C)[C@@H](O[C@H]2O[C@H](C)C[C@H](N(C)CCC(=O)NC[C@H](O)COc3ccc(-c4ccc(S(C)(=O)=O)nc4)cc3)[C@H]2O)[C@](C)(OC)C[C@@H](C)C(=O)[C@H](C)[C@@H](O)[C@]1(C)O. The largest absolute Gasteiger partial charge is 0.491 e. The molecular formula is C55H87N3O18S. The summed E-state index contributed by atoms with van der Waals surface area (Å²) >= 11 is 0. The molecule has 0 unspecified atom stereocenters. The number of ether oxygens (including phenoxy) is 8. The minimum Gasteiger partial charge on any atom is -0.491 e. The van der Waals surface area contributed by atoms with Crippen molar-refractivity contribution in [3.05, 3.63) is 42.6 Å². The number of pyridine rings is 1. The van der Waals surface area contributed by atoms with Crippen molar-refractivity contribution in [3.63, 3.8) is 0 Å². The van der Waals surface area contributed by atoms with Crippen LogP contribution in [0, 0.1) is 23.7 Å². The Hall–Kier alpha value is -3.75. The second-order valence-corrected chi connectivity index (χ2v) is 24.3. The van der Waals surface area contributed by atoms with Crippen molar-refractivity contribution in [1.82, 2.24) is 15.2 Å². The lowest BCUT2D eigenvalue weighted by Gasteiger charge is -2.50. The van der Waals surface area contributed by atoms with Gasteiger partial charge in [0.1, 0.15) is 48.2 Å². The molecule has 3 aliphatic heterocycles. The first kappa shape index (κ1) is 64.1. The predicted octanol–water partition coefficient (Wildman–Crippen LogP) is 3.22. The van der Waals surface area contributed by atoms with E-state index in [4.69, 9.17) is 37.9 Å². The number of aromatic nitrogens is 1. The van der Waals surface area contributed by atoms with E-state index in [9.17, 15) is 48.3 Å². The molecule has 0 spiro atoms. The minimum absolute atomic E-state index is 0.0122. The van der Waals surface area contributed by atoms with Crippen molar-refractivity contribution >= 4 is 27.5 Å². The van der Waals surface area contributed by atoms with E-state index < -0.39 is 130 Å². The van der Waals surface area contributed by atoms with Crippen LogP contribution in [0.2, 0.25) is 0 Å². The number of esters is 1. The Kier molecular flexibility index (Phi) is 22.2. The molecule has 2 aromatic rings. The van der Waals surface area contributed by atoms with Crippen LogP contribution in [0.3, 0.4) is 0 Å². The minimum atomic E-state index is -3.43. The summed E-state index contributed by atoms with van der Waals surface area (Å²) in [6.07, 6.45) is -8.92. The van der Waals surface area contributed by atoms with Gasteiger partial charge in [0.25, 0.3) is 0 Å². The van der Waals surface area contributed by atoms with Crippen molar-refractivity contribution in [2.45, 2.75) is 197 Å². The number of cyclic esters (lactones) is 1. The number of nitrogens with one attached hydrogen (secondary N) is 1. The molecule has 1 aromatic carbocycles. The van der Waals surface area contributed by atoms with Crippen LogP contribution < -0.4 is 10.1 Å². The van der Waals surface area contributed by atoms with Crippen LogP contribution >= 0.6 is 0 Å². The number of hydrogen-bond donors (Lipinski definition) is 6. The van der Waals surface area contributed by atoms with Gasteiger partial charge in [-0.25, -0.2) is 13.4 Å². The van der Waals surface area contributed by atoms with E-state index in [2.05, 4.69) is 10.3 Å². The number of ketones is 1. The summed E-state index contributed by atoms with van der Waals surface area (Å²) < 4.78 is 73.8. The van der Waals surface area contributed by atoms with E-state index in [1.807, 2.05) is 11.8 Å². The number of likely N-dealkylation sites (N-methyl/N-ethyl adjacent to an activating group) is 1. The van der Waals surface area contributed by atoms with Crippen LogP contribution in [0.5, 0.6) is 5.75 Å². The number of amides is 1. The maximum Gasteiger partial charge on any atom is 0.311 e. The molecule has 0 saturated carbocycles. The summed E-state index contributed by atoms with van der Waals surface area (Å²) in [5, 5.41) is 60.1. The number of aliphatic hydroxyl groups is 5. The van der Waals surface area contributed by atoms with Crippen LogP contribution in [0.1, 0.15) is 101 Å². The van der Waals surface area contributed by atoms with Crippen molar-refractivity contribution in [3.8, 4) is 16.9 Å². The van der Waals surface area contributed by atoms with Crippen LogP contribution in [0.4, 0.5) is 0 Å². The normalized spacial score (nSPS) is 37.4. The number of nitrogens with zero attached hydrogens (tertiary/aromatic N) is 2. The Balaban J connectivity index is 1.32. The van der Waals surface area contributed by atoms with Gasteiger partial charge in [-0.2, -0.15) is 0 Å². The lowest BCUT2D eigenvalue weighted by molar-refractivity contribution is -0.319. The zero-order valence-corrected chi connectivity index (χ0v) is 48.1. The second-order valence-electron chi connectivity index (χ2n) is 22.3. The fraction of sp³-hybridized carbons (Fsp3) is 0.745. The van der Waals surface area contributed by atoms with Gasteiger partial charge in [0.15, 0.2) is 27.4 Å². The van der Waals surface area contributed by atoms with Gasteiger partial charge in [0, 0.05) is 82.0 Å². The Morgan fingerprint density at radius 3 is 2.12 bits per heavy atom. The average molecular weight is 1110 g/mol. The van der Waals surface area contributed by atoms with Gasteiger partial charge in [-0.05, 0) is 97.7 Å². The highest BCUT2D eigenvalue weighted by Crippen LogP contribution is 2.42. The molecule has 5 rings (SSSR count). The van der Waals surface area contributed by atoms with E-state index in [0.29, 0.717) is 17.7 Å². The predicted molar refractivity (Wildman–Crippen MR) is 282 cm³/mol. The van der Waals surface area contributed by atoms with E-state index >= 15 is 0 Å². The molecule has 436 valence electrons. The van der Waals surface area contributed by atoms with Crippen molar-refractivity contribution in [2.24, 2.45) is 23.7 Å². The molecule has 0 bridgehead atoms. The van der Waals surface area contributed by atoms with Gasteiger partial charge in [-0.15, -0.1) is 0 Å². The first-order valence-electron chi connectivity index (χ1n) is 26.7. The molecular weight excluding hydrogens is 1020 g/mol. The monoisotopic (exact) mass is 1110 g/mol. The van der Waals surface area contributed by atoms with E-state index in [1.165, 1.54) is 40.3 Å². The van der Waals surface area contributed by atoms with Gasteiger partial charge < -0.3 is 73.6 Å². The molecule has 1 aromatic heterocycles. The lowest BCUT2D eigenvalue weighted by Crippen LogP contribution is -2.61. The van der Waals surface area contributed by atoms with Crippen LogP contribution in [-0.4, -0.2) is 199 Å². The zero-order chi connectivity index (χ0) is 57.5. The molecule has 22 heteroatoms. The van der Waals surface area contributed by atoms with E-state index in [-0.39, 0.29) is 62.1 Å². The number of Topliss-reactive ketones (excluding diaryl/α,β-unsaturated/α-hetero) is 1. The maximum atomic E-state index is 14.5. The molecule has 19 atom stereocenters. The molecule has 3 aliphatic rings. The zero-order valence-electron chi connectivity index (χ0n) is 47.3. The van der Waals surface area contributed by atoms with E-state index in [1.54, 1.807) is 85.8 Å². The van der Waals surface area contributed by atoms with Gasteiger partial charge >= 0.3 is 5.97 Å². The number of aliphatic hydroxyl groups excluding tert-OH is 4. The quantitative estimate of drug-likeness (QED) is 0.117. The Morgan fingerprint density at radius 2 is 1.53 bits per heavy atom. The molecule has 3 saturated heterocycles. The number of benzene rings is 1. The lowest BCUT2D eigenvalue weighted by atomic mass is 9.74. The summed E-state index contributed by atoms with van der Waals surface area (Å²) in [5.41, 5.74) is -3.03. The number of sulfone groups is 1. The third kappa shape index (κ3) is 15.6. The second kappa shape index (κ2) is 26.7.